The number of piperazine rings is 1. The summed E-state index contributed by atoms with van der Waals surface area (Å²) in [5, 5.41) is 0. The van der Waals surface area contributed by atoms with E-state index >= 15 is 0 Å². The monoisotopic (exact) mass is 503 g/mol. The Morgan fingerprint density at radius 1 is 0.784 bits per heavy atom. The third-order valence-corrected chi connectivity index (χ3v) is 7.23. The molecular weight excluding hydrogens is 473 g/mol. The molecule has 0 aromatic heterocycles. The Morgan fingerprint density at radius 2 is 1.32 bits per heavy atom. The summed E-state index contributed by atoms with van der Waals surface area (Å²) in [7, 11) is 3.20. The van der Waals surface area contributed by atoms with Crippen LogP contribution in [0.5, 0.6) is 11.5 Å². The highest BCUT2D eigenvalue weighted by molar-refractivity contribution is 6.01. The summed E-state index contributed by atoms with van der Waals surface area (Å²) in [6.07, 6.45) is 0.139. The molecule has 8 heteroatoms. The molecule has 2 saturated heterocycles. The van der Waals surface area contributed by atoms with Gasteiger partial charge in [-0.25, -0.2) is 4.39 Å². The fourth-order valence-corrected chi connectivity index (χ4v) is 5.26. The van der Waals surface area contributed by atoms with Gasteiger partial charge in [0.05, 0.1) is 26.2 Å². The van der Waals surface area contributed by atoms with Crippen LogP contribution in [0, 0.1) is 11.7 Å². The van der Waals surface area contributed by atoms with Crippen LogP contribution < -0.4 is 19.3 Å². The summed E-state index contributed by atoms with van der Waals surface area (Å²) in [5.41, 5.74) is 2.54. The largest absolute Gasteiger partial charge is 0.497 e. The quantitative estimate of drug-likeness (QED) is 0.502. The van der Waals surface area contributed by atoms with Crippen molar-refractivity contribution in [2.45, 2.75) is 12.5 Å². The normalized spacial score (nSPS) is 19.8. The maximum atomic E-state index is 13.9. The van der Waals surface area contributed by atoms with Crippen molar-refractivity contribution in [2.75, 3.05) is 50.2 Å². The Labute approximate surface area is 216 Å². The van der Waals surface area contributed by atoms with E-state index in [2.05, 4.69) is 4.90 Å². The molecule has 2 fully saturated rings. The zero-order chi connectivity index (χ0) is 25.9. The van der Waals surface area contributed by atoms with Crippen LogP contribution in [-0.2, 0) is 9.59 Å². The third-order valence-electron chi connectivity index (χ3n) is 7.23. The third kappa shape index (κ3) is 4.96. The highest BCUT2D eigenvalue weighted by Gasteiger charge is 2.46. The minimum Gasteiger partial charge on any atom is -0.497 e. The molecule has 3 aromatic carbocycles. The second kappa shape index (κ2) is 10.5. The molecule has 2 heterocycles. The van der Waals surface area contributed by atoms with Crippen molar-refractivity contribution < 1.29 is 23.5 Å². The predicted molar refractivity (Wildman–Crippen MR) is 140 cm³/mol. The lowest BCUT2D eigenvalue weighted by Crippen LogP contribution is -2.51. The van der Waals surface area contributed by atoms with E-state index < -0.39 is 12.0 Å². The molecule has 192 valence electrons. The number of carbonyl (C=O) groups excluding carboxylic acids is 2. The number of hydrogen-bond donors (Lipinski definition) is 0. The number of carbonyl (C=O) groups is 2. The number of nitrogens with zero attached hydrogens (tertiary/aromatic N) is 3. The van der Waals surface area contributed by atoms with Gasteiger partial charge in [0.2, 0.25) is 11.8 Å². The second-order valence-electron chi connectivity index (χ2n) is 9.28. The average Bonchev–Trinajstić information content (AvgIpc) is 3.30. The minimum atomic E-state index is -0.514. The van der Waals surface area contributed by atoms with Crippen LogP contribution in [0.1, 0.15) is 18.0 Å². The van der Waals surface area contributed by atoms with Crippen LogP contribution in [0.4, 0.5) is 15.8 Å². The second-order valence-corrected chi connectivity index (χ2v) is 9.28. The molecule has 2 aliphatic heterocycles. The lowest BCUT2D eigenvalue weighted by Gasteiger charge is -2.38. The van der Waals surface area contributed by atoms with Gasteiger partial charge in [-0.3, -0.25) is 9.59 Å². The maximum Gasteiger partial charge on any atom is 0.228 e. The van der Waals surface area contributed by atoms with E-state index in [4.69, 9.17) is 9.47 Å². The Hall–Kier alpha value is -4.07. The number of halogens is 1. The molecule has 37 heavy (non-hydrogen) atoms. The number of rotatable bonds is 6. The first-order chi connectivity index (χ1) is 18.0. The van der Waals surface area contributed by atoms with Gasteiger partial charge in [0, 0.05) is 44.0 Å². The summed E-state index contributed by atoms with van der Waals surface area (Å²) in [5.74, 6) is 0.514. The molecule has 5 rings (SSSR count). The van der Waals surface area contributed by atoms with Gasteiger partial charge in [0.1, 0.15) is 17.3 Å². The van der Waals surface area contributed by atoms with E-state index in [0.29, 0.717) is 37.7 Å². The van der Waals surface area contributed by atoms with E-state index in [9.17, 15) is 14.0 Å². The molecule has 3 aromatic rings. The Kier molecular flexibility index (Phi) is 6.99. The van der Waals surface area contributed by atoms with Crippen LogP contribution in [0.3, 0.4) is 0 Å². The van der Waals surface area contributed by atoms with Gasteiger partial charge < -0.3 is 24.2 Å². The molecule has 0 aliphatic carbocycles. The number of amides is 2. The smallest absolute Gasteiger partial charge is 0.228 e. The van der Waals surface area contributed by atoms with Gasteiger partial charge in [-0.15, -0.1) is 0 Å². The number of benzene rings is 3. The fourth-order valence-electron chi connectivity index (χ4n) is 5.26. The van der Waals surface area contributed by atoms with Crippen LogP contribution in [0.15, 0.2) is 72.8 Å². The molecule has 0 saturated carbocycles. The molecular formula is C29H30FN3O4. The standard InChI is InChI=1S/C29H30FN3O4/c1-36-24-11-3-20(4-12-24)28-26(19-27(34)33(28)23-9-13-25(37-2)14-10-23)29(35)32-17-15-31(16-18-32)22-7-5-21(30)6-8-22/h3-14,26,28H,15-19H2,1-2H3. The summed E-state index contributed by atoms with van der Waals surface area (Å²) in [4.78, 5) is 32.9. The Balaban J connectivity index is 1.39. The molecule has 2 amide bonds. The highest BCUT2D eigenvalue weighted by Crippen LogP contribution is 2.43. The van der Waals surface area contributed by atoms with Gasteiger partial charge >= 0.3 is 0 Å². The molecule has 7 nitrogen and oxygen atoms in total. The molecule has 2 unspecified atom stereocenters. The van der Waals surface area contributed by atoms with Gasteiger partial charge in [0.15, 0.2) is 0 Å². The summed E-state index contributed by atoms with van der Waals surface area (Å²) in [6, 6.07) is 20.9. The minimum absolute atomic E-state index is 0.0241. The van der Waals surface area contributed by atoms with Gasteiger partial charge in [-0.1, -0.05) is 12.1 Å². The van der Waals surface area contributed by atoms with E-state index in [1.165, 1.54) is 12.1 Å². The molecule has 0 N–H and O–H groups in total. The van der Waals surface area contributed by atoms with Gasteiger partial charge in [0.25, 0.3) is 0 Å². The molecule has 0 bridgehead atoms. The van der Waals surface area contributed by atoms with E-state index in [0.717, 1.165) is 16.9 Å². The van der Waals surface area contributed by atoms with Gasteiger partial charge in [-0.2, -0.15) is 0 Å². The first kappa shape index (κ1) is 24.6. The Morgan fingerprint density at radius 3 is 1.89 bits per heavy atom. The fraction of sp³-hybridized carbons (Fsp3) is 0.310. The number of anilines is 2. The van der Waals surface area contributed by atoms with E-state index in [-0.39, 0.29) is 24.1 Å². The van der Waals surface area contributed by atoms with Crippen LogP contribution in [0.2, 0.25) is 0 Å². The zero-order valence-corrected chi connectivity index (χ0v) is 21.0. The Bertz CT molecular complexity index is 1240. The van der Waals surface area contributed by atoms with Crippen LogP contribution in [-0.4, -0.2) is 57.1 Å². The van der Waals surface area contributed by atoms with Crippen LogP contribution in [0.25, 0.3) is 0 Å². The average molecular weight is 504 g/mol. The number of methoxy groups -OCH3 is 2. The SMILES string of the molecule is COc1ccc(C2C(C(=O)N3CCN(c4ccc(F)cc4)CC3)CC(=O)N2c2ccc(OC)cc2)cc1. The predicted octanol–water partition coefficient (Wildman–Crippen LogP) is 4.29. The van der Waals surface area contributed by atoms with Crippen LogP contribution >= 0.6 is 0 Å². The molecule has 0 radical (unpaired) electrons. The number of ether oxygens (including phenoxy) is 2. The first-order valence-corrected chi connectivity index (χ1v) is 12.4. The van der Waals surface area contributed by atoms with E-state index in [1.807, 2.05) is 53.4 Å². The van der Waals surface area contributed by atoms with E-state index in [1.54, 1.807) is 31.3 Å². The lowest BCUT2D eigenvalue weighted by atomic mass is 9.91. The molecule has 2 aliphatic rings. The van der Waals surface area contributed by atoms with Gasteiger partial charge in [-0.05, 0) is 66.2 Å². The maximum absolute atomic E-state index is 13.9. The topological polar surface area (TPSA) is 62.3 Å². The zero-order valence-electron chi connectivity index (χ0n) is 21.0. The van der Waals surface area contributed by atoms with Crippen molar-refractivity contribution in [3.8, 4) is 11.5 Å². The van der Waals surface area contributed by atoms with Crippen molar-refractivity contribution in [3.63, 3.8) is 0 Å². The summed E-state index contributed by atoms with van der Waals surface area (Å²) in [6.45, 7) is 2.37. The van der Waals surface area contributed by atoms with Crippen molar-refractivity contribution in [1.82, 2.24) is 4.90 Å². The van der Waals surface area contributed by atoms with Crippen molar-refractivity contribution >= 4 is 23.2 Å². The van der Waals surface area contributed by atoms with Crippen molar-refractivity contribution in [2.24, 2.45) is 5.92 Å². The first-order valence-electron chi connectivity index (χ1n) is 12.4. The summed E-state index contributed by atoms with van der Waals surface area (Å²) >= 11 is 0. The molecule has 0 spiro atoms. The highest BCUT2D eigenvalue weighted by atomic mass is 19.1. The van der Waals surface area contributed by atoms with Crippen molar-refractivity contribution in [3.05, 3.63) is 84.2 Å². The molecule has 2 atom stereocenters. The summed E-state index contributed by atoms with van der Waals surface area (Å²) < 4.78 is 23.9. The van der Waals surface area contributed by atoms with Crippen molar-refractivity contribution in [1.29, 1.82) is 0 Å². The lowest BCUT2D eigenvalue weighted by molar-refractivity contribution is -0.136. The number of hydrogen-bond acceptors (Lipinski definition) is 5.